The fourth-order valence-electron chi connectivity index (χ4n) is 4.09. The van der Waals surface area contributed by atoms with Gasteiger partial charge in [0.1, 0.15) is 0 Å². The van der Waals surface area contributed by atoms with Gasteiger partial charge in [0.05, 0.1) is 10.6 Å². The van der Waals surface area contributed by atoms with E-state index in [0.29, 0.717) is 22.7 Å². The normalized spacial score (nSPS) is 12.3. The summed E-state index contributed by atoms with van der Waals surface area (Å²) in [6.07, 6.45) is -3.90. The Bertz CT molecular complexity index is 1240. The van der Waals surface area contributed by atoms with E-state index in [2.05, 4.69) is 29.3 Å². The third-order valence-electron chi connectivity index (χ3n) is 5.40. The van der Waals surface area contributed by atoms with Crippen LogP contribution in [0.15, 0.2) is 41.3 Å². The van der Waals surface area contributed by atoms with Crippen molar-refractivity contribution in [2.45, 2.75) is 65.5 Å². The second kappa shape index (κ2) is 11.4. The topological polar surface area (TPSA) is 116 Å². The summed E-state index contributed by atoms with van der Waals surface area (Å²) in [5.41, 5.74) is 5.21. The van der Waals surface area contributed by atoms with Gasteiger partial charge in [-0.15, -0.1) is 0 Å². The van der Waals surface area contributed by atoms with Crippen LogP contribution in [-0.4, -0.2) is 26.4 Å². The van der Waals surface area contributed by atoms with Crippen LogP contribution >= 0.6 is 0 Å². The summed E-state index contributed by atoms with van der Waals surface area (Å²) in [6.45, 7) is 11.6. The highest BCUT2D eigenvalue weighted by molar-refractivity contribution is 7.92. The van der Waals surface area contributed by atoms with Crippen LogP contribution in [0.3, 0.4) is 0 Å². The van der Waals surface area contributed by atoms with Gasteiger partial charge in [0.2, 0.25) is 5.91 Å². The Labute approximate surface area is 215 Å². The summed E-state index contributed by atoms with van der Waals surface area (Å²) in [5.74, 6) is -1.96. The van der Waals surface area contributed by atoms with Gasteiger partial charge in [0.15, 0.2) is 0 Å². The minimum atomic E-state index is -5.04. The first-order valence-corrected chi connectivity index (χ1v) is 13.0. The lowest BCUT2D eigenvalue weighted by atomic mass is 9.81. The fourth-order valence-corrected chi connectivity index (χ4v) is 5.41. The molecule has 8 nitrogen and oxygen atoms in total. The third-order valence-corrected chi connectivity index (χ3v) is 6.92. The van der Waals surface area contributed by atoms with Crippen LogP contribution in [0.5, 0.6) is 0 Å². The van der Waals surface area contributed by atoms with Crippen LogP contribution in [-0.2, 0) is 19.6 Å². The number of aryl methyl sites for hydroxylation is 2. The van der Waals surface area contributed by atoms with Crippen LogP contribution in [0.4, 0.5) is 30.2 Å². The Morgan fingerprint density at radius 3 is 2.05 bits per heavy atom. The molecule has 0 saturated heterocycles. The molecular formula is C25H33F3N4O4S. The first-order chi connectivity index (χ1) is 16.9. The average molecular weight is 543 g/mol. The molecule has 12 heteroatoms. The molecule has 0 unspecified atom stereocenters. The number of nitrogens with one attached hydrogen (secondary N) is 4. The van der Waals surface area contributed by atoms with E-state index < -0.39 is 22.1 Å². The van der Waals surface area contributed by atoms with Gasteiger partial charge < -0.3 is 5.32 Å². The van der Waals surface area contributed by atoms with Crippen molar-refractivity contribution in [3.8, 4) is 0 Å². The number of anilines is 3. The van der Waals surface area contributed by atoms with Crippen molar-refractivity contribution in [2.75, 3.05) is 15.5 Å². The molecule has 0 radical (unpaired) electrons. The summed E-state index contributed by atoms with van der Waals surface area (Å²) < 4.78 is 65.5. The molecule has 0 heterocycles. The van der Waals surface area contributed by atoms with E-state index in [9.17, 15) is 31.2 Å². The molecule has 0 spiro atoms. The first kappa shape index (κ1) is 29.9. The number of alkyl halides is 3. The molecule has 2 aromatic rings. The second-order valence-corrected chi connectivity index (χ2v) is 11.8. The molecule has 0 saturated carbocycles. The number of hydrogen-bond acceptors (Lipinski definition) is 5. The lowest BCUT2D eigenvalue weighted by Crippen LogP contribution is -2.40. The SMILES string of the molecule is Cc1cc(C)c(S(=O)(=O)Nc2ccc(NNC(=O)C(F)(F)F)cc2)cc1NC(=O)CC(C)(C)CC(C)C. The fraction of sp³-hybridized carbons (Fsp3) is 0.440. The Kier molecular flexibility index (Phi) is 9.23. The summed E-state index contributed by atoms with van der Waals surface area (Å²) in [5, 5.41) is 2.83. The number of sulfonamides is 1. The van der Waals surface area contributed by atoms with E-state index in [1.54, 1.807) is 19.9 Å². The number of amides is 2. The van der Waals surface area contributed by atoms with Crippen molar-refractivity contribution < 1.29 is 31.2 Å². The third kappa shape index (κ3) is 8.96. The van der Waals surface area contributed by atoms with Gasteiger partial charge in [0, 0.05) is 17.8 Å². The predicted molar refractivity (Wildman–Crippen MR) is 137 cm³/mol. The zero-order valence-corrected chi connectivity index (χ0v) is 22.4. The van der Waals surface area contributed by atoms with Gasteiger partial charge in [-0.2, -0.15) is 13.2 Å². The van der Waals surface area contributed by atoms with Gasteiger partial charge in [-0.1, -0.05) is 33.8 Å². The van der Waals surface area contributed by atoms with Crippen LogP contribution in [0, 0.1) is 25.2 Å². The molecule has 204 valence electrons. The van der Waals surface area contributed by atoms with Crippen molar-refractivity contribution in [3.05, 3.63) is 47.5 Å². The molecule has 0 aliphatic rings. The number of halogens is 3. The zero-order chi connectivity index (χ0) is 28.2. The molecule has 37 heavy (non-hydrogen) atoms. The van der Waals surface area contributed by atoms with Gasteiger partial charge >= 0.3 is 12.1 Å². The molecule has 0 aliphatic carbocycles. The minimum Gasteiger partial charge on any atom is -0.326 e. The maximum Gasteiger partial charge on any atom is 0.472 e. The summed E-state index contributed by atoms with van der Waals surface area (Å²) in [6, 6.07) is 8.30. The molecule has 0 bridgehead atoms. The molecule has 0 aliphatic heterocycles. The van der Waals surface area contributed by atoms with Gasteiger partial charge in [0.25, 0.3) is 10.0 Å². The van der Waals surface area contributed by atoms with Gasteiger partial charge in [-0.05, 0) is 73.1 Å². The largest absolute Gasteiger partial charge is 0.472 e. The molecule has 2 aromatic carbocycles. The minimum absolute atomic E-state index is 0.0329. The molecule has 0 fully saturated rings. The van der Waals surface area contributed by atoms with Crippen molar-refractivity contribution >= 4 is 38.9 Å². The average Bonchev–Trinajstić information content (AvgIpc) is 2.72. The molecule has 0 atom stereocenters. The van der Waals surface area contributed by atoms with Crippen molar-refractivity contribution in [3.63, 3.8) is 0 Å². The number of hydrogen-bond donors (Lipinski definition) is 4. The van der Waals surface area contributed by atoms with Crippen LogP contribution in [0.25, 0.3) is 0 Å². The number of benzene rings is 2. The van der Waals surface area contributed by atoms with Crippen LogP contribution < -0.4 is 20.9 Å². The Morgan fingerprint density at radius 1 is 0.946 bits per heavy atom. The Hall–Kier alpha value is -3.28. The van der Waals surface area contributed by atoms with E-state index in [4.69, 9.17) is 0 Å². The van der Waals surface area contributed by atoms with E-state index in [1.165, 1.54) is 35.8 Å². The van der Waals surface area contributed by atoms with E-state index >= 15 is 0 Å². The highest BCUT2D eigenvalue weighted by Gasteiger charge is 2.38. The molecule has 2 rings (SSSR count). The first-order valence-electron chi connectivity index (χ1n) is 11.6. The molecule has 2 amide bonds. The van der Waals surface area contributed by atoms with E-state index in [0.717, 1.165) is 6.42 Å². The number of hydrazine groups is 1. The van der Waals surface area contributed by atoms with Gasteiger partial charge in [-0.25, -0.2) is 8.42 Å². The predicted octanol–water partition coefficient (Wildman–Crippen LogP) is 5.51. The van der Waals surface area contributed by atoms with Gasteiger partial charge in [-0.3, -0.25) is 25.2 Å². The number of carbonyl (C=O) groups is 2. The molecule has 4 N–H and O–H groups in total. The molecule has 0 aromatic heterocycles. The smallest absolute Gasteiger partial charge is 0.326 e. The Morgan fingerprint density at radius 2 is 1.51 bits per heavy atom. The number of rotatable bonds is 10. The number of carbonyl (C=O) groups excluding carboxylic acids is 2. The van der Waals surface area contributed by atoms with Crippen molar-refractivity contribution in [2.24, 2.45) is 11.3 Å². The lowest BCUT2D eigenvalue weighted by Gasteiger charge is -2.26. The van der Waals surface area contributed by atoms with E-state index in [-0.39, 0.29) is 34.0 Å². The highest BCUT2D eigenvalue weighted by Crippen LogP contribution is 2.31. The molecular weight excluding hydrogens is 509 g/mol. The Balaban J connectivity index is 2.16. The van der Waals surface area contributed by atoms with Crippen LogP contribution in [0.2, 0.25) is 0 Å². The summed E-state index contributed by atoms with van der Waals surface area (Å²) in [4.78, 5) is 23.6. The maximum atomic E-state index is 13.1. The van der Waals surface area contributed by atoms with Crippen molar-refractivity contribution in [1.82, 2.24) is 5.43 Å². The lowest BCUT2D eigenvalue weighted by molar-refractivity contribution is -0.173. The highest BCUT2D eigenvalue weighted by atomic mass is 32.2. The van der Waals surface area contributed by atoms with Crippen LogP contribution in [0.1, 0.15) is 51.7 Å². The summed E-state index contributed by atoms with van der Waals surface area (Å²) in [7, 11) is -4.07. The standard InChI is InChI=1S/C25H33F3N4O4S/c1-15(2)13-24(5,6)14-22(33)29-20-12-21(17(4)11-16(20)3)37(35,36)32-19-9-7-18(8-10-19)30-31-23(34)25(26,27)28/h7-12,15,30,32H,13-14H2,1-6H3,(H,29,33)(H,31,34). The monoisotopic (exact) mass is 542 g/mol. The van der Waals surface area contributed by atoms with E-state index in [1.807, 2.05) is 13.8 Å². The van der Waals surface area contributed by atoms with Crippen molar-refractivity contribution in [1.29, 1.82) is 0 Å². The maximum absolute atomic E-state index is 13.1. The zero-order valence-electron chi connectivity index (χ0n) is 21.6. The quantitative estimate of drug-likeness (QED) is 0.296. The second-order valence-electron chi connectivity index (χ2n) is 10.2. The summed E-state index contributed by atoms with van der Waals surface area (Å²) >= 11 is 0.